The number of phenolic OH excluding ortho intramolecular Hbond substituents is 1. The Kier molecular flexibility index (Phi) is 5.84. The van der Waals surface area contributed by atoms with Crippen molar-refractivity contribution in [3.8, 4) is 5.75 Å². The first-order chi connectivity index (χ1) is 16.2. The van der Waals surface area contributed by atoms with Gasteiger partial charge < -0.3 is 36.8 Å². The number of aliphatic hydroxyl groups is 3. The molecule has 35 heavy (non-hydrogen) atoms. The summed E-state index contributed by atoms with van der Waals surface area (Å²) in [5, 5.41) is 44.5. The maximum atomic E-state index is 13.8. The van der Waals surface area contributed by atoms with Crippen LogP contribution in [0.25, 0.3) is 5.76 Å². The predicted molar refractivity (Wildman–Crippen MR) is 136 cm³/mol. The van der Waals surface area contributed by atoms with Gasteiger partial charge in [0.25, 0.3) is 5.91 Å². The SMILES string of the molecule is CN(C)c1c(I)c(N)c(O)c2c1CC1CC3[C@H](N(C)C)C(=O)C(C(N)=O)=C(O)C3(O)C(=O)C1=C2O. The van der Waals surface area contributed by atoms with Crippen LogP contribution in [0.1, 0.15) is 17.5 Å². The first-order valence-corrected chi connectivity index (χ1v) is 11.9. The lowest BCUT2D eigenvalue weighted by molar-refractivity contribution is -0.153. The van der Waals surface area contributed by atoms with E-state index in [2.05, 4.69) is 0 Å². The van der Waals surface area contributed by atoms with Crippen LogP contribution in [0, 0.1) is 15.4 Å². The van der Waals surface area contributed by atoms with Crippen molar-refractivity contribution in [3.05, 3.63) is 31.6 Å². The van der Waals surface area contributed by atoms with Crippen molar-refractivity contribution in [1.82, 2.24) is 4.90 Å². The molecule has 0 aliphatic heterocycles. The molecule has 1 aromatic carbocycles. The van der Waals surface area contributed by atoms with Gasteiger partial charge in [0.15, 0.2) is 17.1 Å². The summed E-state index contributed by atoms with van der Waals surface area (Å²) >= 11 is 2.00. The van der Waals surface area contributed by atoms with Gasteiger partial charge in [0, 0.05) is 25.6 Å². The van der Waals surface area contributed by atoms with Crippen LogP contribution in [0.2, 0.25) is 0 Å². The minimum atomic E-state index is -2.67. The number of Topliss-reactive ketones (excluding diaryl/α,β-unsaturated/α-hetero) is 2. The van der Waals surface area contributed by atoms with Crippen LogP contribution in [0.3, 0.4) is 0 Å². The van der Waals surface area contributed by atoms with E-state index in [9.17, 15) is 34.8 Å². The molecular weight excluding hydrogens is 571 g/mol. The molecule has 4 rings (SSSR count). The molecule has 1 fully saturated rings. The summed E-state index contributed by atoms with van der Waals surface area (Å²) < 4.78 is 0.574. The first kappa shape index (κ1) is 25.3. The molecule has 0 bridgehead atoms. The summed E-state index contributed by atoms with van der Waals surface area (Å²) in [6, 6.07) is -1.12. The fourth-order valence-corrected chi connectivity index (χ4v) is 6.88. The largest absolute Gasteiger partial charge is 0.508 e. The van der Waals surface area contributed by atoms with E-state index in [1.807, 2.05) is 22.6 Å². The minimum absolute atomic E-state index is 0.0215. The number of primary amides is 1. The molecule has 1 saturated carbocycles. The van der Waals surface area contributed by atoms with Gasteiger partial charge >= 0.3 is 0 Å². The van der Waals surface area contributed by atoms with Crippen molar-refractivity contribution in [2.75, 3.05) is 38.8 Å². The van der Waals surface area contributed by atoms with Gasteiger partial charge in [0.05, 0.1) is 26.6 Å². The van der Waals surface area contributed by atoms with E-state index < -0.39 is 63.8 Å². The highest BCUT2D eigenvalue weighted by Gasteiger charge is 2.64. The van der Waals surface area contributed by atoms with Gasteiger partial charge in [0.2, 0.25) is 5.78 Å². The fourth-order valence-electron chi connectivity index (χ4n) is 5.81. The van der Waals surface area contributed by atoms with Crippen LogP contribution >= 0.6 is 22.6 Å². The highest BCUT2D eigenvalue weighted by atomic mass is 127. The van der Waals surface area contributed by atoms with Gasteiger partial charge in [-0.05, 0) is 61.0 Å². The normalized spacial score (nSPS) is 28.1. The number of benzene rings is 1. The number of rotatable bonds is 3. The number of fused-ring (bicyclic) bond motifs is 3. The summed E-state index contributed by atoms with van der Waals surface area (Å²) in [4.78, 5) is 42.2. The molecule has 12 heteroatoms. The number of amides is 1. The molecule has 3 aliphatic rings. The van der Waals surface area contributed by atoms with Crippen molar-refractivity contribution in [3.63, 3.8) is 0 Å². The zero-order valence-corrected chi connectivity index (χ0v) is 21.7. The van der Waals surface area contributed by atoms with E-state index >= 15 is 0 Å². The van der Waals surface area contributed by atoms with Gasteiger partial charge in [-0.2, -0.15) is 0 Å². The van der Waals surface area contributed by atoms with E-state index in [1.165, 1.54) is 4.90 Å². The second-order valence-electron chi connectivity index (χ2n) is 9.63. The number of nitrogen functional groups attached to an aromatic ring is 1. The molecule has 0 aromatic heterocycles. The Morgan fingerprint density at radius 3 is 2.26 bits per heavy atom. The second-order valence-corrected chi connectivity index (χ2v) is 10.7. The molecule has 0 saturated heterocycles. The monoisotopic (exact) mass is 598 g/mol. The van der Waals surface area contributed by atoms with Crippen LogP contribution < -0.4 is 16.4 Å². The Balaban J connectivity index is 2.03. The molecule has 1 aromatic rings. The standard InChI is InChI=1S/C23H27IN4O7/c1-27(2)15-8-5-7-6-9-16(28(3)4)19(31)12(22(26)34)21(33)23(9,35)20(32)10(7)17(29)11(8)18(30)14(25)13(15)24/h7,9,16,29-30,33,35H,5-6,25H2,1-4H3,(H2,26,34)/t7?,9?,16-,23?/m0/s1. The molecular formula is C23H27IN4O7. The number of aromatic hydroxyl groups is 1. The van der Waals surface area contributed by atoms with Gasteiger partial charge in [0.1, 0.15) is 17.1 Å². The van der Waals surface area contributed by atoms with E-state index in [4.69, 9.17) is 11.5 Å². The zero-order chi connectivity index (χ0) is 26.3. The van der Waals surface area contributed by atoms with Crippen molar-refractivity contribution in [2.45, 2.75) is 24.5 Å². The number of ketones is 2. The number of carbonyl (C=O) groups is 3. The summed E-state index contributed by atoms with van der Waals surface area (Å²) in [5.74, 6) is -6.96. The number of aliphatic hydroxyl groups excluding tert-OH is 2. The highest BCUT2D eigenvalue weighted by molar-refractivity contribution is 14.1. The first-order valence-electron chi connectivity index (χ1n) is 10.8. The summed E-state index contributed by atoms with van der Waals surface area (Å²) in [5.41, 5.74) is 8.92. The van der Waals surface area contributed by atoms with E-state index in [0.717, 1.165) is 0 Å². The van der Waals surface area contributed by atoms with Crippen LogP contribution in [0.5, 0.6) is 5.75 Å². The number of likely N-dealkylation sites (N-methyl/N-ethyl adjacent to an activating group) is 1. The van der Waals surface area contributed by atoms with Crippen molar-refractivity contribution < 1.29 is 34.8 Å². The van der Waals surface area contributed by atoms with Crippen molar-refractivity contribution in [1.29, 1.82) is 0 Å². The Hall–Kier alpha value is -2.84. The Morgan fingerprint density at radius 1 is 1.14 bits per heavy atom. The molecule has 4 atom stereocenters. The number of hydrogen-bond donors (Lipinski definition) is 6. The molecule has 3 aliphatic carbocycles. The van der Waals surface area contributed by atoms with Gasteiger partial charge in [-0.25, -0.2) is 0 Å². The van der Waals surface area contributed by atoms with E-state index in [0.29, 0.717) is 14.8 Å². The third-order valence-electron chi connectivity index (χ3n) is 7.28. The van der Waals surface area contributed by atoms with Crippen LogP contribution in [-0.4, -0.2) is 82.6 Å². The number of nitrogens with zero attached hydrogens (tertiary/aromatic N) is 2. The highest BCUT2D eigenvalue weighted by Crippen LogP contribution is 2.55. The quantitative estimate of drug-likeness (QED) is 0.121. The predicted octanol–water partition coefficient (Wildman–Crippen LogP) is 0.217. The van der Waals surface area contributed by atoms with E-state index in [1.54, 1.807) is 33.1 Å². The van der Waals surface area contributed by atoms with E-state index in [-0.39, 0.29) is 29.7 Å². The Bertz CT molecular complexity index is 1270. The summed E-state index contributed by atoms with van der Waals surface area (Å²) in [7, 11) is 6.68. The number of anilines is 2. The molecule has 0 heterocycles. The fraction of sp³-hybridized carbons (Fsp3) is 0.435. The number of hydrogen-bond acceptors (Lipinski definition) is 10. The third kappa shape index (κ3) is 3.19. The van der Waals surface area contributed by atoms with Gasteiger partial charge in [-0.3, -0.25) is 19.3 Å². The molecule has 1 amide bonds. The Morgan fingerprint density at radius 2 is 1.74 bits per heavy atom. The maximum absolute atomic E-state index is 13.8. The van der Waals surface area contributed by atoms with Gasteiger partial charge in [-0.1, -0.05) is 0 Å². The molecule has 188 valence electrons. The van der Waals surface area contributed by atoms with Gasteiger partial charge in [-0.15, -0.1) is 0 Å². The average Bonchev–Trinajstić information content (AvgIpc) is 2.74. The zero-order valence-electron chi connectivity index (χ0n) is 19.6. The van der Waals surface area contributed by atoms with Crippen LogP contribution in [-0.2, 0) is 20.8 Å². The third-order valence-corrected chi connectivity index (χ3v) is 8.38. The maximum Gasteiger partial charge on any atom is 0.255 e. The minimum Gasteiger partial charge on any atom is -0.508 e. The van der Waals surface area contributed by atoms with Crippen molar-refractivity contribution in [2.24, 2.45) is 17.6 Å². The van der Waals surface area contributed by atoms with Crippen LogP contribution in [0.4, 0.5) is 11.4 Å². The lowest BCUT2D eigenvalue weighted by Gasteiger charge is -2.50. The number of halogens is 1. The summed E-state index contributed by atoms with van der Waals surface area (Å²) in [6.07, 6.45) is 0.228. The molecule has 3 unspecified atom stereocenters. The second kappa shape index (κ2) is 8.10. The number of phenols is 1. The Labute approximate surface area is 214 Å². The van der Waals surface area contributed by atoms with Crippen molar-refractivity contribution >= 4 is 57.2 Å². The summed E-state index contributed by atoms with van der Waals surface area (Å²) in [6.45, 7) is 0. The van der Waals surface area contributed by atoms with Crippen LogP contribution in [0.15, 0.2) is 16.9 Å². The molecule has 8 N–H and O–H groups in total. The molecule has 0 spiro atoms. The smallest absolute Gasteiger partial charge is 0.255 e. The topological polar surface area (TPSA) is 191 Å². The lowest BCUT2D eigenvalue weighted by Crippen LogP contribution is -2.65. The number of nitrogens with two attached hydrogens (primary N) is 2. The average molecular weight is 598 g/mol. The molecule has 0 radical (unpaired) electrons. The lowest BCUT2D eigenvalue weighted by atomic mass is 9.57. The number of carbonyl (C=O) groups excluding carboxylic acids is 3. The molecule has 11 nitrogen and oxygen atoms in total.